The van der Waals surface area contributed by atoms with E-state index >= 15 is 0 Å². The van der Waals surface area contributed by atoms with Crippen LogP contribution in [0.3, 0.4) is 0 Å². The van der Waals surface area contributed by atoms with Crippen LogP contribution in [0.4, 0.5) is 0 Å². The predicted molar refractivity (Wildman–Crippen MR) is 103 cm³/mol. The smallest absolute Gasteiger partial charge is 0.364 e. The molecule has 27 heavy (non-hydrogen) atoms. The van der Waals surface area contributed by atoms with Gasteiger partial charge < -0.3 is 10.1 Å². The fourth-order valence-electron chi connectivity index (χ4n) is 3.69. The normalized spacial score (nSPS) is 17.1. The van der Waals surface area contributed by atoms with E-state index in [2.05, 4.69) is 13.8 Å². The molecule has 2 aromatic rings. The first-order valence-corrected chi connectivity index (χ1v) is 9.38. The lowest BCUT2D eigenvalue weighted by atomic mass is 10.0. The molecule has 2 N–H and O–H groups in total. The summed E-state index contributed by atoms with van der Waals surface area (Å²) in [6.45, 7) is 4.67. The second-order valence-electron chi connectivity index (χ2n) is 7.40. The predicted octanol–water partition coefficient (Wildman–Crippen LogP) is 2.49. The SMILES string of the molecule is COC(=O)[C@@H](CC(C)C)[NH2+][C@H]1c2ccccc2C(=O)N1Cc1ccccc1. The fourth-order valence-corrected chi connectivity index (χ4v) is 3.69. The van der Waals surface area contributed by atoms with Crippen LogP contribution < -0.4 is 5.32 Å². The van der Waals surface area contributed by atoms with Crippen molar-refractivity contribution in [3.8, 4) is 0 Å². The van der Waals surface area contributed by atoms with Gasteiger partial charge in [0.1, 0.15) is 0 Å². The maximum atomic E-state index is 13.0. The highest BCUT2D eigenvalue weighted by atomic mass is 16.5. The number of quaternary nitrogens is 1. The van der Waals surface area contributed by atoms with Gasteiger partial charge in [-0.3, -0.25) is 9.69 Å². The molecule has 2 aromatic carbocycles. The lowest BCUT2D eigenvalue weighted by Crippen LogP contribution is -2.94. The third kappa shape index (κ3) is 4.19. The number of nitrogens with zero attached hydrogens (tertiary/aromatic N) is 1. The lowest BCUT2D eigenvalue weighted by Gasteiger charge is -2.27. The summed E-state index contributed by atoms with van der Waals surface area (Å²) in [6, 6.07) is 17.2. The van der Waals surface area contributed by atoms with E-state index in [0.29, 0.717) is 24.4 Å². The van der Waals surface area contributed by atoms with Gasteiger partial charge in [-0.25, -0.2) is 4.79 Å². The zero-order valence-electron chi connectivity index (χ0n) is 16.1. The molecule has 0 bridgehead atoms. The molecule has 0 unspecified atom stereocenters. The topological polar surface area (TPSA) is 63.2 Å². The summed E-state index contributed by atoms with van der Waals surface area (Å²) in [6.07, 6.45) is 0.454. The van der Waals surface area contributed by atoms with Crippen LogP contribution in [0.15, 0.2) is 54.6 Å². The molecule has 5 nitrogen and oxygen atoms in total. The summed E-state index contributed by atoms with van der Waals surface area (Å²) >= 11 is 0. The number of carbonyl (C=O) groups excluding carboxylic acids is 2. The molecule has 0 saturated heterocycles. The summed E-state index contributed by atoms with van der Waals surface area (Å²) in [7, 11) is 1.42. The third-order valence-electron chi connectivity index (χ3n) is 4.95. The van der Waals surface area contributed by atoms with E-state index in [-0.39, 0.29) is 24.1 Å². The van der Waals surface area contributed by atoms with Gasteiger partial charge >= 0.3 is 5.97 Å². The molecule has 5 heteroatoms. The standard InChI is InChI=1S/C22H26N2O3/c1-15(2)13-19(22(26)27-3)23-20-17-11-7-8-12-18(17)21(25)24(20)14-16-9-5-4-6-10-16/h4-12,15,19-20,23H,13-14H2,1-3H3/p+1/t19-,20-/m1/s1. The van der Waals surface area contributed by atoms with Gasteiger partial charge in [-0.15, -0.1) is 0 Å². The van der Waals surface area contributed by atoms with Gasteiger partial charge in [0.15, 0.2) is 12.2 Å². The molecule has 0 spiro atoms. The van der Waals surface area contributed by atoms with Crippen molar-refractivity contribution in [2.75, 3.05) is 7.11 Å². The van der Waals surface area contributed by atoms with Crippen molar-refractivity contribution in [3.63, 3.8) is 0 Å². The number of rotatable bonds is 7. The van der Waals surface area contributed by atoms with Crippen LogP contribution in [0.25, 0.3) is 0 Å². The van der Waals surface area contributed by atoms with Crippen LogP contribution in [0.1, 0.15) is 47.9 Å². The zero-order valence-corrected chi connectivity index (χ0v) is 16.1. The molecule has 1 aliphatic heterocycles. The molecule has 0 saturated carbocycles. The molecule has 2 atom stereocenters. The summed E-state index contributed by atoms with van der Waals surface area (Å²) in [4.78, 5) is 27.2. The monoisotopic (exact) mass is 367 g/mol. The first-order chi connectivity index (χ1) is 13.0. The highest BCUT2D eigenvalue weighted by Crippen LogP contribution is 2.30. The highest BCUT2D eigenvalue weighted by Gasteiger charge is 2.42. The van der Waals surface area contributed by atoms with Gasteiger partial charge in [-0.1, -0.05) is 62.4 Å². The number of ether oxygens (including phenoxy) is 1. The van der Waals surface area contributed by atoms with Crippen molar-refractivity contribution < 1.29 is 19.6 Å². The van der Waals surface area contributed by atoms with E-state index in [1.54, 1.807) is 0 Å². The molecule has 3 rings (SSSR count). The molecule has 1 heterocycles. The van der Waals surface area contributed by atoms with Gasteiger partial charge in [-0.05, 0) is 17.5 Å². The number of methoxy groups -OCH3 is 1. The number of amides is 1. The van der Waals surface area contributed by atoms with Crippen molar-refractivity contribution in [1.29, 1.82) is 0 Å². The molecular weight excluding hydrogens is 340 g/mol. The highest BCUT2D eigenvalue weighted by molar-refractivity contribution is 5.98. The van der Waals surface area contributed by atoms with Gasteiger partial charge in [0.05, 0.1) is 19.2 Å². The quantitative estimate of drug-likeness (QED) is 0.765. The summed E-state index contributed by atoms with van der Waals surface area (Å²) in [5, 5.41) is 1.98. The van der Waals surface area contributed by atoms with E-state index in [1.807, 2.05) is 64.8 Å². The average Bonchev–Trinajstić information content (AvgIpc) is 2.93. The Labute approximate surface area is 160 Å². The van der Waals surface area contributed by atoms with E-state index in [4.69, 9.17) is 4.74 Å². The lowest BCUT2D eigenvalue weighted by molar-refractivity contribution is -0.734. The number of fused-ring (bicyclic) bond motifs is 1. The number of hydrogen-bond acceptors (Lipinski definition) is 3. The van der Waals surface area contributed by atoms with Crippen LogP contribution in [0, 0.1) is 5.92 Å². The molecular formula is C22H27N2O3+. The minimum absolute atomic E-state index is 0.00358. The molecule has 1 aliphatic rings. The first-order valence-electron chi connectivity index (χ1n) is 9.38. The van der Waals surface area contributed by atoms with Crippen LogP contribution >= 0.6 is 0 Å². The van der Waals surface area contributed by atoms with E-state index in [9.17, 15) is 9.59 Å². The summed E-state index contributed by atoms with van der Waals surface area (Å²) in [5.41, 5.74) is 2.73. The number of benzene rings is 2. The fraction of sp³-hybridized carbons (Fsp3) is 0.364. The van der Waals surface area contributed by atoms with E-state index in [0.717, 1.165) is 11.1 Å². The Morgan fingerprint density at radius 1 is 1.11 bits per heavy atom. The largest absolute Gasteiger partial charge is 0.465 e. The van der Waals surface area contributed by atoms with Crippen molar-refractivity contribution in [2.45, 2.75) is 39.0 Å². The van der Waals surface area contributed by atoms with Crippen molar-refractivity contribution in [1.82, 2.24) is 4.90 Å². The summed E-state index contributed by atoms with van der Waals surface area (Å²) in [5.74, 6) is 0.101. The van der Waals surface area contributed by atoms with Gasteiger partial charge in [0, 0.05) is 12.0 Å². The Kier molecular flexibility index (Phi) is 5.91. The second kappa shape index (κ2) is 8.35. The van der Waals surface area contributed by atoms with E-state index < -0.39 is 0 Å². The Hall–Kier alpha value is -2.66. The Balaban J connectivity index is 1.92. The van der Waals surface area contributed by atoms with Crippen LogP contribution in [-0.2, 0) is 16.1 Å². The zero-order chi connectivity index (χ0) is 19.4. The molecule has 0 aliphatic carbocycles. The maximum Gasteiger partial charge on any atom is 0.364 e. The van der Waals surface area contributed by atoms with Crippen molar-refractivity contribution in [2.24, 2.45) is 5.92 Å². The van der Waals surface area contributed by atoms with Crippen molar-refractivity contribution in [3.05, 3.63) is 71.3 Å². The molecule has 0 fully saturated rings. The van der Waals surface area contributed by atoms with Crippen molar-refractivity contribution >= 4 is 11.9 Å². The molecule has 1 amide bonds. The number of nitrogens with two attached hydrogens (primary N) is 1. The number of esters is 1. The van der Waals surface area contributed by atoms with Gasteiger partial charge in [-0.2, -0.15) is 0 Å². The van der Waals surface area contributed by atoms with E-state index in [1.165, 1.54) is 7.11 Å². The summed E-state index contributed by atoms with van der Waals surface area (Å²) < 4.78 is 5.02. The number of carbonyl (C=O) groups is 2. The van der Waals surface area contributed by atoms with Gasteiger partial charge in [0.2, 0.25) is 0 Å². The second-order valence-corrected chi connectivity index (χ2v) is 7.40. The first kappa shape index (κ1) is 19.1. The van der Waals surface area contributed by atoms with Crippen LogP contribution in [0.2, 0.25) is 0 Å². The minimum atomic E-state index is -0.350. The van der Waals surface area contributed by atoms with Crippen LogP contribution in [0.5, 0.6) is 0 Å². The molecule has 142 valence electrons. The minimum Gasteiger partial charge on any atom is -0.465 e. The average molecular weight is 367 g/mol. The number of hydrogen-bond donors (Lipinski definition) is 1. The van der Waals surface area contributed by atoms with Gasteiger partial charge in [0.25, 0.3) is 5.91 Å². The molecule has 0 aromatic heterocycles. The Morgan fingerprint density at radius 3 is 2.44 bits per heavy atom. The maximum absolute atomic E-state index is 13.0. The molecule has 0 radical (unpaired) electrons. The van der Waals surface area contributed by atoms with Crippen LogP contribution in [-0.4, -0.2) is 29.9 Å². The Morgan fingerprint density at radius 2 is 1.78 bits per heavy atom. The third-order valence-corrected chi connectivity index (χ3v) is 4.95. The Bertz CT molecular complexity index is 804.